The molecule has 0 radical (unpaired) electrons. The number of fused-ring (bicyclic) bond motifs is 1. The van der Waals surface area contributed by atoms with Crippen molar-refractivity contribution in [3.8, 4) is 0 Å². The molecule has 102 valence electrons. The Bertz CT molecular complexity index is 504. The van der Waals surface area contributed by atoms with E-state index in [9.17, 15) is 0 Å². The molecule has 0 spiro atoms. The van der Waals surface area contributed by atoms with Gasteiger partial charge in [0, 0.05) is 30.9 Å². The van der Waals surface area contributed by atoms with Crippen LogP contribution in [0.3, 0.4) is 0 Å². The first-order valence-corrected chi connectivity index (χ1v) is 7.62. The molecule has 19 heavy (non-hydrogen) atoms. The highest BCUT2D eigenvalue weighted by Crippen LogP contribution is 2.25. The second-order valence-electron chi connectivity index (χ2n) is 5.38. The minimum absolute atomic E-state index is 0.552. The summed E-state index contributed by atoms with van der Waals surface area (Å²) in [4.78, 5) is 4.62. The van der Waals surface area contributed by atoms with Gasteiger partial charge in [-0.1, -0.05) is 18.9 Å². The number of hydrogen-bond donors (Lipinski definition) is 1. The first-order valence-electron chi connectivity index (χ1n) is 7.09. The van der Waals surface area contributed by atoms with Crippen LogP contribution in [-0.2, 0) is 6.54 Å². The molecule has 1 saturated carbocycles. The molecule has 0 saturated heterocycles. The number of alkyl halides is 1. The summed E-state index contributed by atoms with van der Waals surface area (Å²) >= 11 is 6.06. The zero-order valence-corrected chi connectivity index (χ0v) is 11.8. The molecule has 2 heterocycles. The van der Waals surface area contributed by atoms with E-state index >= 15 is 0 Å². The van der Waals surface area contributed by atoms with Gasteiger partial charge in [-0.05, 0) is 30.9 Å². The van der Waals surface area contributed by atoms with Crippen molar-refractivity contribution in [2.75, 3.05) is 5.88 Å². The van der Waals surface area contributed by atoms with Crippen LogP contribution in [0, 0.1) is 5.92 Å². The van der Waals surface area contributed by atoms with Gasteiger partial charge < -0.3 is 9.72 Å². The number of nitrogens with one attached hydrogen (secondary N) is 1. The Morgan fingerprint density at radius 3 is 3.05 bits per heavy atom. The molecule has 0 aromatic carbocycles. The van der Waals surface area contributed by atoms with E-state index in [1.54, 1.807) is 0 Å². The van der Waals surface area contributed by atoms with Crippen LogP contribution in [-0.4, -0.2) is 21.3 Å². The topological polar surface area (TPSA) is 29.3 Å². The third kappa shape index (κ3) is 2.93. The van der Waals surface area contributed by atoms with Crippen LogP contribution in [0.4, 0.5) is 0 Å². The largest absolute Gasteiger partial charge is 0.308 e. The van der Waals surface area contributed by atoms with Gasteiger partial charge in [-0.25, -0.2) is 4.98 Å². The lowest BCUT2D eigenvalue weighted by molar-refractivity contribution is 0.282. The molecule has 4 heteroatoms. The maximum atomic E-state index is 6.06. The number of rotatable bonds is 4. The van der Waals surface area contributed by atoms with E-state index in [0.717, 1.165) is 23.8 Å². The average Bonchev–Trinajstić information content (AvgIpc) is 2.88. The van der Waals surface area contributed by atoms with Gasteiger partial charge in [0.15, 0.2) is 0 Å². The molecule has 2 atom stereocenters. The summed E-state index contributed by atoms with van der Waals surface area (Å²) in [5, 5.41) is 3.64. The summed E-state index contributed by atoms with van der Waals surface area (Å²) < 4.78 is 2.07. The number of aromatic nitrogens is 2. The van der Waals surface area contributed by atoms with Gasteiger partial charge in [0.05, 0.1) is 5.69 Å². The first-order chi connectivity index (χ1) is 9.36. The fraction of sp³-hybridized carbons (Fsp3) is 0.533. The van der Waals surface area contributed by atoms with Crippen LogP contribution in [0.25, 0.3) is 5.65 Å². The quantitative estimate of drug-likeness (QED) is 0.870. The number of halogens is 1. The van der Waals surface area contributed by atoms with Gasteiger partial charge in [-0.15, -0.1) is 11.6 Å². The van der Waals surface area contributed by atoms with Crippen molar-refractivity contribution < 1.29 is 0 Å². The predicted molar refractivity (Wildman–Crippen MR) is 78.5 cm³/mol. The van der Waals surface area contributed by atoms with E-state index in [2.05, 4.69) is 20.9 Å². The Balaban J connectivity index is 1.64. The summed E-state index contributed by atoms with van der Waals surface area (Å²) in [5.41, 5.74) is 2.11. The van der Waals surface area contributed by atoms with E-state index in [1.807, 2.05) is 24.4 Å². The van der Waals surface area contributed by atoms with E-state index in [0.29, 0.717) is 12.0 Å². The summed E-state index contributed by atoms with van der Waals surface area (Å²) in [5.74, 6) is 1.38. The van der Waals surface area contributed by atoms with Crippen LogP contribution in [0.15, 0.2) is 30.6 Å². The normalized spacial score (nSPS) is 23.8. The molecule has 2 aromatic rings. The van der Waals surface area contributed by atoms with Crippen molar-refractivity contribution in [2.45, 2.75) is 38.3 Å². The molecule has 2 unspecified atom stereocenters. The molecular formula is C15H20ClN3. The fourth-order valence-electron chi connectivity index (χ4n) is 2.97. The van der Waals surface area contributed by atoms with Crippen molar-refractivity contribution in [3.05, 3.63) is 36.3 Å². The molecule has 1 N–H and O–H groups in total. The van der Waals surface area contributed by atoms with Crippen molar-refractivity contribution in [1.29, 1.82) is 0 Å². The second-order valence-corrected chi connectivity index (χ2v) is 5.69. The molecule has 0 aliphatic heterocycles. The van der Waals surface area contributed by atoms with E-state index in [1.165, 1.54) is 25.7 Å². The zero-order valence-electron chi connectivity index (χ0n) is 11.1. The Kier molecular flexibility index (Phi) is 4.04. The van der Waals surface area contributed by atoms with E-state index < -0.39 is 0 Å². The highest BCUT2D eigenvalue weighted by atomic mass is 35.5. The Hall–Kier alpha value is -1.06. The minimum atomic E-state index is 0.552. The highest BCUT2D eigenvalue weighted by Gasteiger charge is 2.23. The SMILES string of the molecule is ClCC1CCCCC1NCc1cn2ccccc2n1. The predicted octanol–water partition coefficient (Wildman–Crippen LogP) is 3.22. The third-order valence-electron chi connectivity index (χ3n) is 4.07. The number of pyridine rings is 1. The van der Waals surface area contributed by atoms with Crippen LogP contribution in [0.2, 0.25) is 0 Å². The lowest BCUT2D eigenvalue weighted by Gasteiger charge is -2.30. The molecule has 1 aliphatic rings. The average molecular weight is 278 g/mol. The summed E-state index contributed by atoms with van der Waals surface area (Å²) in [6.07, 6.45) is 9.27. The molecule has 3 rings (SSSR count). The van der Waals surface area contributed by atoms with Gasteiger partial charge in [0.2, 0.25) is 0 Å². The van der Waals surface area contributed by atoms with Crippen LogP contribution >= 0.6 is 11.6 Å². The summed E-state index contributed by atoms with van der Waals surface area (Å²) in [7, 11) is 0. The maximum Gasteiger partial charge on any atom is 0.137 e. The Morgan fingerprint density at radius 2 is 2.21 bits per heavy atom. The van der Waals surface area contributed by atoms with Crippen molar-refractivity contribution >= 4 is 17.2 Å². The number of hydrogen-bond acceptors (Lipinski definition) is 2. The molecule has 0 bridgehead atoms. The zero-order chi connectivity index (χ0) is 13.1. The van der Waals surface area contributed by atoms with Gasteiger partial charge in [0.1, 0.15) is 5.65 Å². The lowest BCUT2D eigenvalue weighted by atomic mass is 9.86. The standard InChI is InChI=1S/C15H20ClN3/c16-9-12-5-1-2-6-14(12)17-10-13-11-19-8-4-3-7-15(19)18-13/h3-4,7-8,11-12,14,17H,1-2,5-6,9-10H2. The molecular weight excluding hydrogens is 258 g/mol. The van der Waals surface area contributed by atoms with E-state index in [4.69, 9.17) is 11.6 Å². The smallest absolute Gasteiger partial charge is 0.137 e. The number of imidazole rings is 1. The molecule has 1 aliphatic carbocycles. The second kappa shape index (κ2) is 5.93. The maximum absolute atomic E-state index is 6.06. The third-order valence-corrected chi connectivity index (χ3v) is 4.46. The van der Waals surface area contributed by atoms with E-state index in [-0.39, 0.29) is 0 Å². The monoisotopic (exact) mass is 277 g/mol. The fourth-order valence-corrected chi connectivity index (χ4v) is 3.34. The van der Waals surface area contributed by atoms with Crippen LogP contribution < -0.4 is 5.32 Å². The lowest BCUT2D eigenvalue weighted by Crippen LogP contribution is -2.39. The summed E-state index contributed by atoms with van der Waals surface area (Å²) in [6.45, 7) is 0.833. The van der Waals surface area contributed by atoms with Crippen molar-refractivity contribution in [3.63, 3.8) is 0 Å². The molecule has 2 aromatic heterocycles. The Labute approximate surface area is 119 Å². The van der Waals surface area contributed by atoms with Gasteiger partial charge in [-0.2, -0.15) is 0 Å². The van der Waals surface area contributed by atoms with Gasteiger partial charge in [-0.3, -0.25) is 0 Å². The van der Waals surface area contributed by atoms with Gasteiger partial charge in [0.25, 0.3) is 0 Å². The van der Waals surface area contributed by atoms with Crippen molar-refractivity contribution in [2.24, 2.45) is 5.92 Å². The minimum Gasteiger partial charge on any atom is -0.308 e. The molecule has 1 fully saturated rings. The highest BCUT2D eigenvalue weighted by molar-refractivity contribution is 6.18. The van der Waals surface area contributed by atoms with Crippen molar-refractivity contribution in [1.82, 2.24) is 14.7 Å². The first kappa shape index (κ1) is 12.9. The van der Waals surface area contributed by atoms with Crippen LogP contribution in [0.5, 0.6) is 0 Å². The van der Waals surface area contributed by atoms with Gasteiger partial charge >= 0.3 is 0 Å². The molecule has 0 amide bonds. The molecule has 3 nitrogen and oxygen atoms in total. The van der Waals surface area contributed by atoms with Crippen LogP contribution in [0.1, 0.15) is 31.4 Å². The Morgan fingerprint density at radius 1 is 1.32 bits per heavy atom. The summed E-state index contributed by atoms with van der Waals surface area (Å²) in [6, 6.07) is 6.63. The number of nitrogens with zero attached hydrogens (tertiary/aromatic N) is 2.